The van der Waals surface area contributed by atoms with Crippen molar-refractivity contribution in [1.29, 1.82) is 0 Å². The minimum Gasteiger partial charge on any atom is -0.493 e. The quantitative estimate of drug-likeness (QED) is 0.896. The van der Waals surface area contributed by atoms with Gasteiger partial charge in [-0.1, -0.05) is 28.1 Å². The van der Waals surface area contributed by atoms with E-state index in [2.05, 4.69) is 15.9 Å². The number of benzene rings is 2. The lowest BCUT2D eigenvalue weighted by Gasteiger charge is -2.14. The first-order valence-electron chi connectivity index (χ1n) is 6.45. The van der Waals surface area contributed by atoms with Gasteiger partial charge in [0.25, 0.3) is 0 Å². The fraction of sp³-hybridized carbons (Fsp3) is 0.250. The maximum Gasteiger partial charge on any atom is 0.169 e. The Hall–Kier alpha value is -1.52. The molecule has 3 nitrogen and oxygen atoms in total. The van der Waals surface area contributed by atoms with Gasteiger partial charge in [-0.2, -0.15) is 0 Å². The van der Waals surface area contributed by atoms with Crippen LogP contribution in [-0.4, -0.2) is 13.7 Å². The van der Waals surface area contributed by atoms with E-state index in [1.54, 1.807) is 7.11 Å². The summed E-state index contributed by atoms with van der Waals surface area (Å²) in [5.41, 5.74) is 7.86. The minimum absolute atomic E-state index is 0.586. The summed E-state index contributed by atoms with van der Waals surface area (Å²) in [5.74, 6) is 2.23. The Morgan fingerprint density at radius 2 is 1.85 bits per heavy atom. The molecule has 0 aliphatic rings. The van der Waals surface area contributed by atoms with Crippen molar-refractivity contribution in [2.24, 2.45) is 5.73 Å². The van der Waals surface area contributed by atoms with Crippen molar-refractivity contribution in [2.75, 3.05) is 13.7 Å². The summed E-state index contributed by atoms with van der Waals surface area (Å²) < 4.78 is 12.3. The lowest BCUT2D eigenvalue weighted by atomic mass is 10.1. The zero-order valence-corrected chi connectivity index (χ0v) is 13.2. The molecule has 0 spiro atoms. The first-order chi connectivity index (χ1) is 9.63. The second-order valence-corrected chi connectivity index (χ2v) is 5.46. The molecule has 0 aromatic heterocycles. The SMILES string of the molecule is COc1cc(C)ccc1Oc1cc(Br)ccc1CCN. The Balaban J connectivity index is 2.36. The Labute approximate surface area is 127 Å². The van der Waals surface area contributed by atoms with Crippen molar-refractivity contribution < 1.29 is 9.47 Å². The smallest absolute Gasteiger partial charge is 0.169 e. The highest BCUT2D eigenvalue weighted by molar-refractivity contribution is 9.10. The van der Waals surface area contributed by atoms with Gasteiger partial charge in [-0.25, -0.2) is 0 Å². The number of nitrogens with two attached hydrogens (primary N) is 1. The summed E-state index contributed by atoms with van der Waals surface area (Å²) in [6, 6.07) is 11.8. The van der Waals surface area contributed by atoms with E-state index in [0.29, 0.717) is 12.3 Å². The summed E-state index contributed by atoms with van der Waals surface area (Å²) in [4.78, 5) is 0. The van der Waals surface area contributed by atoms with Crippen molar-refractivity contribution in [1.82, 2.24) is 0 Å². The molecule has 0 unspecified atom stereocenters. The Morgan fingerprint density at radius 1 is 1.05 bits per heavy atom. The van der Waals surface area contributed by atoms with Gasteiger partial charge in [0.05, 0.1) is 7.11 Å². The lowest BCUT2D eigenvalue weighted by molar-refractivity contribution is 0.377. The molecule has 106 valence electrons. The number of aryl methyl sites for hydroxylation is 1. The highest BCUT2D eigenvalue weighted by Crippen LogP contribution is 2.35. The monoisotopic (exact) mass is 335 g/mol. The second kappa shape index (κ2) is 6.77. The Kier molecular flexibility index (Phi) is 5.04. The summed E-state index contributed by atoms with van der Waals surface area (Å²) in [5, 5.41) is 0. The molecule has 0 saturated heterocycles. The van der Waals surface area contributed by atoms with E-state index in [4.69, 9.17) is 15.2 Å². The lowest BCUT2D eigenvalue weighted by Crippen LogP contribution is -2.04. The molecule has 2 N–H and O–H groups in total. The molecule has 0 saturated carbocycles. The molecule has 0 atom stereocenters. The highest BCUT2D eigenvalue weighted by atomic mass is 79.9. The molecule has 2 rings (SSSR count). The van der Waals surface area contributed by atoms with Crippen LogP contribution in [0.25, 0.3) is 0 Å². The van der Waals surface area contributed by atoms with Gasteiger partial charge in [0, 0.05) is 4.47 Å². The van der Waals surface area contributed by atoms with Gasteiger partial charge < -0.3 is 15.2 Å². The van der Waals surface area contributed by atoms with Crippen LogP contribution < -0.4 is 15.2 Å². The Morgan fingerprint density at radius 3 is 2.55 bits per heavy atom. The van der Waals surface area contributed by atoms with E-state index >= 15 is 0 Å². The standard InChI is InChI=1S/C16H18BrNO2/c1-11-3-6-14(16(9-11)19-2)20-15-10-13(17)5-4-12(15)7-8-18/h3-6,9-10H,7-8,18H2,1-2H3. The third-order valence-corrected chi connectivity index (χ3v) is 3.48. The van der Waals surface area contributed by atoms with Crippen LogP contribution in [0.15, 0.2) is 40.9 Å². The van der Waals surface area contributed by atoms with Crippen molar-refractivity contribution in [3.05, 3.63) is 52.0 Å². The number of hydrogen-bond donors (Lipinski definition) is 1. The molecular weight excluding hydrogens is 318 g/mol. The van der Waals surface area contributed by atoms with Crippen molar-refractivity contribution in [3.8, 4) is 17.2 Å². The minimum atomic E-state index is 0.586. The predicted octanol–water partition coefficient (Wildman–Crippen LogP) is 4.06. The zero-order chi connectivity index (χ0) is 14.5. The number of ether oxygens (including phenoxy) is 2. The zero-order valence-electron chi connectivity index (χ0n) is 11.7. The third kappa shape index (κ3) is 3.52. The van der Waals surface area contributed by atoms with Crippen LogP contribution in [-0.2, 0) is 6.42 Å². The summed E-state index contributed by atoms with van der Waals surface area (Å²) in [6.45, 7) is 2.61. The highest BCUT2D eigenvalue weighted by Gasteiger charge is 2.09. The third-order valence-electron chi connectivity index (χ3n) is 2.98. The average molecular weight is 336 g/mol. The molecule has 4 heteroatoms. The maximum absolute atomic E-state index is 6.01. The topological polar surface area (TPSA) is 44.5 Å². The molecule has 2 aromatic carbocycles. The second-order valence-electron chi connectivity index (χ2n) is 4.55. The number of rotatable bonds is 5. The summed E-state index contributed by atoms with van der Waals surface area (Å²) in [6.07, 6.45) is 0.775. The van der Waals surface area contributed by atoms with Crippen LogP contribution in [0, 0.1) is 6.92 Å². The van der Waals surface area contributed by atoms with Crippen LogP contribution in [0.1, 0.15) is 11.1 Å². The van der Waals surface area contributed by atoms with Gasteiger partial charge in [-0.05, 0) is 55.3 Å². The molecular formula is C16H18BrNO2. The van der Waals surface area contributed by atoms with Crippen molar-refractivity contribution in [2.45, 2.75) is 13.3 Å². The largest absolute Gasteiger partial charge is 0.493 e. The van der Waals surface area contributed by atoms with Gasteiger partial charge in [-0.3, -0.25) is 0 Å². The van der Waals surface area contributed by atoms with Gasteiger partial charge in [-0.15, -0.1) is 0 Å². The van der Waals surface area contributed by atoms with E-state index < -0.39 is 0 Å². The van der Waals surface area contributed by atoms with E-state index in [1.165, 1.54) is 0 Å². The van der Waals surface area contributed by atoms with E-state index in [1.807, 2.05) is 43.3 Å². The molecule has 0 radical (unpaired) electrons. The van der Waals surface area contributed by atoms with E-state index in [0.717, 1.165) is 33.5 Å². The summed E-state index contributed by atoms with van der Waals surface area (Å²) >= 11 is 3.47. The van der Waals surface area contributed by atoms with Gasteiger partial charge >= 0.3 is 0 Å². The molecule has 0 aliphatic heterocycles. The molecule has 0 amide bonds. The number of methoxy groups -OCH3 is 1. The van der Waals surface area contributed by atoms with Crippen LogP contribution in [0.5, 0.6) is 17.2 Å². The van der Waals surface area contributed by atoms with E-state index in [-0.39, 0.29) is 0 Å². The predicted molar refractivity (Wildman–Crippen MR) is 84.7 cm³/mol. The molecule has 2 aromatic rings. The number of halogens is 1. The number of hydrogen-bond acceptors (Lipinski definition) is 3. The molecule has 20 heavy (non-hydrogen) atoms. The molecule has 0 heterocycles. The molecule has 0 fully saturated rings. The Bertz CT molecular complexity index is 599. The van der Waals surface area contributed by atoms with Crippen LogP contribution in [0.4, 0.5) is 0 Å². The normalized spacial score (nSPS) is 10.4. The van der Waals surface area contributed by atoms with Crippen LogP contribution in [0.3, 0.4) is 0 Å². The molecule has 0 aliphatic carbocycles. The van der Waals surface area contributed by atoms with Crippen molar-refractivity contribution in [3.63, 3.8) is 0 Å². The van der Waals surface area contributed by atoms with Crippen LogP contribution >= 0.6 is 15.9 Å². The fourth-order valence-electron chi connectivity index (χ4n) is 1.96. The average Bonchev–Trinajstić information content (AvgIpc) is 2.44. The van der Waals surface area contributed by atoms with Gasteiger partial charge in [0.15, 0.2) is 11.5 Å². The fourth-order valence-corrected chi connectivity index (χ4v) is 2.30. The van der Waals surface area contributed by atoms with Gasteiger partial charge in [0.2, 0.25) is 0 Å². The van der Waals surface area contributed by atoms with Crippen LogP contribution in [0.2, 0.25) is 0 Å². The summed E-state index contributed by atoms with van der Waals surface area (Å²) in [7, 11) is 1.64. The van der Waals surface area contributed by atoms with Gasteiger partial charge in [0.1, 0.15) is 5.75 Å². The first-order valence-corrected chi connectivity index (χ1v) is 7.24. The molecule has 0 bridgehead atoms. The maximum atomic E-state index is 6.01. The first kappa shape index (κ1) is 14.9. The van der Waals surface area contributed by atoms with E-state index in [9.17, 15) is 0 Å². The van der Waals surface area contributed by atoms with Crippen molar-refractivity contribution >= 4 is 15.9 Å².